The quantitative estimate of drug-likeness (QED) is 0.756. The Morgan fingerprint density at radius 3 is 2.59 bits per heavy atom. The van der Waals surface area contributed by atoms with Crippen LogP contribution in [0.25, 0.3) is 10.9 Å². The molecular formula is C22H23N4O. The van der Waals surface area contributed by atoms with E-state index < -0.39 is 0 Å². The molecule has 0 spiro atoms. The molecule has 0 atom stereocenters. The van der Waals surface area contributed by atoms with Crippen molar-refractivity contribution < 1.29 is 4.79 Å². The lowest BCUT2D eigenvalue weighted by molar-refractivity contribution is 0.0704. The number of carbonyl (C=O) groups is 1. The number of aryl methyl sites for hydroxylation is 1. The second-order valence-corrected chi connectivity index (χ2v) is 7.37. The lowest BCUT2D eigenvalue weighted by atomic mass is 10.0. The Kier molecular flexibility index (Phi) is 3.81. The summed E-state index contributed by atoms with van der Waals surface area (Å²) in [6.45, 7) is 3.64. The van der Waals surface area contributed by atoms with Gasteiger partial charge in [0.05, 0.1) is 11.4 Å². The van der Waals surface area contributed by atoms with Crippen molar-refractivity contribution in [2.24, 2.45) is 7.05 Å². The fraction of sp³-hybridized carbons (Fsp3) is 0.273. The van der Waals surface area contributed by atoms with Gasteiger partial charge in [0.2, 0.25) is 0 Å². The van der Waals surface area contributed by atoms with Crippen molar-refractivity contribution in [3.05, 3.63) is 67.0 Å². The number of anilines is 2. The van der Waals surface area contributed by atoms with Gasteiger partial charge in [0.15, 0.2) is 0 Å². The van der Waals surface area contributed by atoms with Gasteiger partial charge in [-0.2, -0.15) is 0 Å². The number of carbonyl (C=O) groups excluding carboxylic acids is 1. The number of benzene rings is 2. The van der Waals surface area contributed by atoms with Crippen LogP contribution < -0.4 is 10.2 Å². The highest BCUT2D eigenvalue weighted by Crippen LogP contribution is 2.36. The summed E-state index contributed by atoms with van der Waals surface area (Å²) in [6, 6.07) is 19.0. The molecule has 137 valence electrons. The summed E-state index contributed by atoms with van der Waals surface area (Å²) in [5.41, 5.74) is 4.27. The number of amides is 1. The molecule has 0 bridgehead atoms. The fourth-order valence-corrected chi connectivity index (χ4v) is 4.33. The van der Waals surface area contributed by atoms with Gasteiger partial charge in [-0.1, -0.05) is 30.3 Å². The van der Waals surface area contributed by atoms with Crippen LogP contribution in [0, 0.1) is 6.67 Å². The first kappa shape index (κ1) is 16.2. The summed E-state index contributed by atoms with van der Waals surface area (Å²) in [5.74, 6) is 0.135. The zero-order valence-electron chi connectivity index (χ0n) is 15.4. The normalized spacial score (nSPS) is 17.2. The Hall–Kier alpha value is -2.95. The number of hydrogen-bond donors (Lipinski definition) is 1. The van der Waals surface area contributed by atoms with E-state index >= 15 is 0 Å². The van der Waals surface area contributed by atoms with Crippen molar-refractivity contribution >= 4 is 28.2 Å². The third-order valence-corrected chi connectivity index (χ3v) is 5.86. The summed E-state index contributed by atoms with van der Waals surface area (Å²) >= 11 is 0. The van der Waals surface area contributed by atoms with Crippen LogP contribution in [-0.4, -0.2) is 34.5 Å². The lowest BCUT2D eigenvalue weighted by Crippen LogP contribution is -2.46. The predicted molar refractivity (Wildman–Crippen MR) is 109 cm³/mol. The van der Waals surface area contributed by atoms with Gasteiger partial charge in [-0.3, -0.25) is 4.79 Å². The van der Waals surface area contributed by atoms with Gasteiger partial charge in [-0.15, -0.1) is 0 Å². The minimum Gasteiger partial charge on any atom is -0.360 e. The third kappa shape index (κ3) is 2.65. The molecule has 5 heteroatoms. The fourth-order valence-electron chi connectivity index (χ4n) is 4.33. The highest BCUT2D eigenvalue weighted by molar-refractivity contribution is 5.98. The number of rotatable bonds is 2. The van der Waals surface area contributed by atoms with E-state index in [2.05, 4.69) is 47.2 Å². The largest absolute Gasteiger partial charge is 0.360 e. The van der Waals surface area contributed by atoms with Crippen molar-refractivity contribution in [2.45, 2.75) is 18.9 Å². The summed E-state index contributed by atoms with van der Waals surface area (Å²) in [6.07, 6.45) is 1.95. The number of nitrogens with one attached hydrogen (secondary N) is 1. The summed E-state index contributed by atoms with van der Waals surface area (Å²) in [4.78, 5) is 17.4. The van der Waals surface area contributed by atoms with Gasteiger partial charge in [0.25, 0.3) is 5.91 Å². The highest BCUT2D eigenvalue weighted by Gasteiger charge is 2.31. The van der Waals surface area contributed by atoms with Gasteiger partial charge in [0, 0.05) is 37.1 Å². The van der Waals surface area contributed by atoms with Crippen LogP contribution in [0.3, 0.4) is 0 Å². The van der Waals surface area contributed by atoms with E-state index in [9.17, 15) is 4.79 Å². The molecule has 2 aliphatic rings. The van der Waals surface area contributed by atoms with Gasteiger partial charge in [-0.05, 0) is 37.1 Å². The summed E-state index contributed by atoms with van der Waals surface area (Å²) in [5, 5.41) is 4.46. The first-order chi connectivity index (χ1) is 13.2. The lowest BCUT2D eigenvalue weighted by Gasteiger charge is -2.37. The second kappa shape index (κ2) is 6.34. The predicted octanol–water partition coefficient (Wildman–Crippen LogP) is 3.83. The smallest absolute Gasteiger partial charge is 0.270 e. The Labute approximate surface area is 159 Å². The molecule has 0 aliphatic carbocycles. The van der Waals surface area contributed by atoms with Crippen molar-refractivity contribution in [3.63, 3.8) is 0 Å². The molecule has 3 aromatic rings. The molecule has 1 amide bonds. The zero-order chi connectivity index (χ0) is 18.4. The van der Waals surface area contributed by atoms with Crippen LogP contribution in [0.1, 0.15) is 23.3 Å². The Morgan fingerprint density at radius 1 is 1.04 bits per heavy atom. The summed E-state index contributed by atoms with van der Waals surface area (Å²) < 4.78 is 2.01. The van der Waals surface area contributed by atoms with E-state index in [0.717, 1.165) is 48.2 Å². The van der Waals surface area contributed by atoms with Crippen molar-refractivity contribution in [3.8, 4) is 0 Å². The molecule has 5 nitrogen and oxygen atoms in total. The molecule has 3 heterocycles. The topological polar surface area (TPSA) is 40.5 Å². The van der Waals surface area contributed by atoms with Crippen molar-refractivity contribution in [2.75, 3.05) is 23.3 Å². The SMILES string of the molecule is Cn1c(C(=O)N2CCC(N3[CH]Nc4ccccc43)CC2)cc2ccccc21. The van der Waals surface area contributed by atoms with E-state index in [-0.39, 0.29) is 5.91 Å². The number of piperidine rings is 1. The Bertz CT molecular complexity index is 1000. The van der Waals surface area contributed by atoms with Gasteiger partial charge in [0.1, 0.15) is 12.4 Å². The van der Waals surface area contributed by atoms with Crippen LogP contribution in [0.5, 0.6) is 0 Å². The average molecular weight is 359 g/mol. The number of aromatic nitrogens is 1. The maximum Gasteiger partial charge on any atom is 0.270 e. The second-order valence-electron chi connectivity index (χ2n) is 7.37. The number of likely N-dealkylation sites (tertiary alicyclic amines) is 1. The van der Waals surface area contributed by atoms with E-state index in [1.807, 2.05) is 40.8 Å². The first-order valence-corrected chi connectivity index (χ1v) is 9.53. The van der Waals surface area contributed by atoms with E-state index in [1.165, 1.54) is 5.69 Å². The van der Waals surface area contributed by atoms with Gasteiger partial charge in [-0.25, -0.2) is 0 Å². The molecule has 2 aliphatic heterocycles. The van der Waals surface area contributed by atoms with Crippen LogP contribution in [0.4, 0.5) is 11.4 Å². The van der Waals surface area contributed by atoms with Crippen molar-refractivity contribution in [1.82, 2.24) is 9.47 Å². The molecule has 1 radical (unpaired) electrons. The Morgan fingerprint density at radius 2 is 1.78 bits per heavy atom. The van der Waals surface area contributed by atoms with Crippen LogP contribution in [-0.2, 0) is 7.05 Å². The van der Waals surface area contributed by atoms with E-state index in [1.54, 1.807) is 0 Å². The molecule has 1 fully saturated rings. The van der Waals surface area contributed by atoms with Crippen LogP contribution >= 0.6 is 0 Å². The molecule has 27 heavy (non-hydrogen) atoms. The van der Waals surface area contributed by atoms with Crippen LogP contribution in [0.15, 0.2) is 54.6 Å². The number of nitrogens with zero attached hydrogens (tertiary/aromatic N) is 3. The molecule has 1 saturated heterocycles. The Balaban J connectivity index is 1.30. The average Bonchev–Trinajstić information content (AvgIpc) is 3.29. The highest BCUT2D eigenvalue weighted by atomic mass is 16.2. The maximum atomic E-state index is 13.1. The monoisotopic (exact) mass is 359 g/mol. The molecule has 0 saturated carbocycles. The molecule has 0 unspecified atom stereocenters. The number of fused-ring (bicyclic) bond motifs is 2. The van der Waals surface area contributed by atoms with Gasteiger partial charge >= 0.3 is 0 Å². The number of hydrogen-bond acceptors (Lipinski definition) is 3. The maximum absolute atomic E-state index is 13.1. The minimum atomic E-state index is 0.135. The standard InChI is InChI=1S/C22H23N4O/c1-24-19-8-4-2-6-16(19)14-21(24)22(27)25-12-10-17(11-13-25)26-15-23-18-7-3-5-9-20(18)26/h2-9,14-15,17,23H,10-13H2,1H3. The molecule has 2 aromatic carbocycles. The van der Waals surface area contributed by atoms with Gasteiger partial charge < -0.3 is 19.7 Å². The molecule has 5 rings (SSSR count). The summed E-state index contributed by atoms with van der Waals surface area (Å²) in [7, 11) is 1.98. The number of para-hydroxylation sites is 3. The third-order valence-electron chi connectivity index (χ3n) is 5.86. The zero-order valence-corrected chi connectivity index (χ0v) is 15.4. The molecule has 1 N–H and O–H groups in total. The minimum absolute atomic E-state index is 0.135. The van der Waals surface area contributed by atoms with Crippen LogP contribution in [0.2, 0.25) is 0 Å². The van der Waals surface area contributed by atoms with E-state index in [4.69, 9.17) is 0 Å². The first-order valence-electron chi connectivity index (χ1n) is 9.53. The van der Waals surface area contributed by atoms with E-state index in [0.29, 0.717) is 6.04 Å². The molecule has 1 aromatic heterocycles. The molecular weight excluding hydrogens is 336 g/mol. The van der Waals surface area contributed by atoms with Crippen molar-refractivity contribution in [1.29, 1.82) is 0 Å².